The van der Waals surface area contributed by atoms with Gasteiger partial charge in [0.05, 0.1) is 22.6 Å². The Balaban J connectivity index is 1.64. The maximum Gasteiger partial charge on any atom is 0.261 e. The van der Waals surface area contributed by atoms with Crippen molar-refractivity contribution in [2.75, 3.05) is 10.0 Å². The summed E-state index contributed by atoms with van der Waals surface area (Å²) in [6.45, 7) is 3.70. The fraction of sp³-hybridized carbons (Fsp3) is 0.167. The number of halogens is 1. The maximum absolute atomic E-state index is 13.0. The summed E-state index contributed by atoms with van der Waals surface area (Å²) in [5, 5.41) is 5.55. The first-order chi connectivity index (χ1) is 15.6. The first kappa shape index (κ1) is 23.9. The molecule has 0 heterocycles. The Morgan fingerprint density at radius 2 is 1.55 bits per heavy atom. The van der Waals surface area contributed by atoms with Gasteiger partial charge in [-0.15, -0.1) is 0 Å². The second-order valence-electron chi connectivity index (χ2n) is 7.66. The lowest BCUT2D eigenvalue weighted by Crippen LogP contribution is -2.31. The van der Waals surface area contributed by atoms with E-state index in [9.17, 15) is 22.4 Å². The summed E-state index contributed by atoms with van der Waals surface area (Å²) in [5.41, 5.74) is 1.73. The molecule has 0 aliphatic rings. The van der Waals surface area contributed by atoms with Crippen LogP contribution in [0.1, 0.15) is 29.8 Å². The zero-order valence-corrected chi connectivity index (χ0v) is 18.9. The summed E-state index contributed by atoms with van der Waals surface area (Å²) in [5.74, 6) is -1.13. The van der Waals surface area contributed by atoms with Gasteiger partial charge in [-0.05, 0) is 67.9 Å². The number of anilines is 2. The molecule has 0 aliphatic heterocycles. The van der Waals surface area contributed by atoms with E-state index in [-0.39, 0.29) is 29.2 Å². The fourth-order valence-electron chi connectivity index (χ4n) is 3.03. The van der Waals surface area contributed by atoms with E-state index in [0.717, 1.165) is 12.1 Å². The Bertz CT molecular complexity index is 1240. The standard InChI is InChI=1S/C24H24FN3O4S/c1-16(2)26-24(30)21-5-3-4-6-22(21)27-23(29)15-17-7-11-19(12-8-17)28-33(31,32)20-13-9-18(25)10-14-20/h3-14,16,28H,15H2,1-2H3,(H,26,30)(H,27,29). The lowest BCUT2D eigenvalue weighted by molar-refractivity contribution is -0.115. The highest BCUT2D eigenvalue weighted by Gasteiger charge is 2.16. The van der Waals surface area contributed by atoms with Crippen LogP contribution >= 0.6 is 0 Å². The first-order valence-electron chi connectivity index (χ1n) is 10.2. The number of sulfonamides is 1. The molecule has 0 spiro atoms. The molecule has 0 saturated carbocycles. The molecule has 7 nitrogen and oxygen atoms in total. The molecular formula is C24H24FN3O4S. The van der Waals surface area contributed by atoms with E-state index < -0.39 is 15.8 Å². The third-order valence-corrected chi connectivity index (χ3v) is 5.96. The molecular weight excluding hydrogens is 445 g/mol. The zero-order valence-electron chi connectivity index (χ0n) is 18.1. The van der Waals surface area contributed by atoms with Crippen LogP contribution in [0, 0.1) is 5.82 Å². The van der Waals surface area contributed by atoms with Gasteiger partial charge >= 0.3 is 0 Å². The zero-order chi connectivity index (χ0) is 24.0. The van der Waals surface area contributed by atoms with Gasteiger partial charge in [-0.2, -0.15) is 0 Å². The maximum atomic E-state index is 13.0. The Kier molecular flexibility index (Phi) is 7.44. The predicted molar refractivity (Wildman–Crippen MR) is 125 cm³/mol. The van der Waals surface area contributed by atoms with Gasteiger partial charge in [-0.25, -0.2) is 12.8 Å². The van der Waals surface area contributed by atoms with Gasteiger partial charge in [0, 0.05) is 11.7 Å². The number of rotatable bonds is 8. The predicted octanol–water partition coefficient (Wildman–Crippen LogP) is 3.95. The number of para-hydroxylation sites is 1. The van der Waals surface area contributed by atoms with E-state index >= 15 is 0 Å². The molecule has 0 unspecified atom stereocenters. The van der Waals surface area contributed by atoms with E-state index in [1.54, 1.807) is 36.4 Å². The van der Waals surface area contributed by atoms with Gasteiger partial charge < -0.3 is 10.6 Å². The summed E-state index contributed by atoms with van der Waals surface area (Å²) < 4.78 is 40.3. The van der Waals surface area contributed by atoms with Gasteiger partial charge in [-0.1, -0.05) is 24.3 Å². The van der Waals surface area contributed by atoms with Gasteiger partial charge in [0.25, 0.3) is 15.9 Å². The largest absolute Gasteiger partial charge is 0.350 e. The lowest BCUT2D eigenvalue weighted by atomic mass is 10.1. The summed E-state index contributed by atoms with van der Waals surface area (Å²) in [6.07, 6.45) is 0.0329. The first-order valence-corrected chi connectivity index (χ1v) is 11.7. The van der Waals surface area contributed by atoms with E-state index in [0.29, 0.717) is 22.5 Å². The highest BCUT2D eigenvalue weighted by molar-refractivity contribution is 7.92. The van der Waals surface area contributed by atoms with Crippen LogP contribution in [0.3, 0.4) is 0 Å². The number of hydrogen-bond acceptors (Lipinski definition) is 4. The number of benzene rings is 3. The molecule has 3 aromatic carbocycles. The summed E-state index contributed by atoms with van der Waals surface area (Å²) in [4.78, 5) is 24.8. The van der Waals surface area contributed by atoms with Crippen LogP contribution < -0.4 is 15.4 Å². The highest BCUT2D eigenvalue weighted by atomic mass is 32.2. The molecule has 3 aromatic rings. The van der Waals surface area contributed by atoms with Gasteiger partial charge in [0.1, 0.15) is 5.82 Å². The summed E-state index contributed by atoms with van der Waals surface area (Å²) in [7, 11) is -3.86. The molecule has 0 aliphatic carbocycles. The van der Waals surface area contributed by atoms with Crippen molar-refractivity contribution in [3.05, 3.63) is 89.7 Å². The molecule has 2 amide bonds. The van der Waals surface area contributed by atoms with Crippen LogP contribution in [0.4, 0.5) is 15.8 Å². The molecule has 0 radical (unpaired) electrons. The van der Waals surface area contributed by atoms with Crippen LogP contribution in [0.2, 0.25) is 0 Å². The molecule has 33 heavy (non-hydrogen) atoms. The van der Waals surface area contributed by atoms with Crippen LogP contribution in [-0.4, -0.2) is 26.3 Å². The number of carbonyl (C=O) groups excluding carboxylic acids is 2. The normalized spacial score (nSPS) is 11.2. The minimum atomic E-state index is -3.86. The Morgan fingerprint density at radius 3 is 2.18 bits per heavy atom. The Labute approximate surface area is 192 Å². The fourth-order valence-corrected chi connectivity index (χ4v) is 4.09. The molecule has 0 saturated heterocycles. The van der Waals surface area contributed by atoms with Crippen molar-refractivity contribution in [3.8, 4) is 0 Å². The van der Waals surface area contributed by atoms with E-state index in [1.165, 1.54) is 24.3 Å². The Hall–Kier alpha value is -3.72. The van der Waals surface area contributed by atoms with Gasteiger partial charge in [-0.3, -0.25) is 14.3 Å². The minimum Gasteiger partial charge on any atom is -0.350 e. The topological polar surface area (TPSA) is 104 Å². The van der Waals surface area contributed by atoms with Crippen molar-refractivity contribution < 1.29 is 22.4 Å². The molecule has 0 fully saturated rings. The van der Waals surface area contributed by atoms with Gasteiger partial charge in [0.15, 0.2) is 0 Å². The van der Waals surface area contributed by atoms with E-state index in [1.807, 2.05) is 13.8 Å². The second-order valence-corrected chi connectivity index (χ2v) is 9.34. The minimum absolute atomic E-state index is 0.0329. The average Bonchev–Trinajstić information content (AvgIpc) is 2.75. The molecule has 0 atom stereocenters. The third-order valence-electron chi connectivity index (χ3n) is 4.56. The van der Waals surface area contributed by atoms with Crippen molar-refractivity contribution in [3.63, 3.8) is 0 Å². The molecule has 172 valence electrons. The summed E-state index contributed by atoms with van der Waals surface area (Å²) in [6, 6.07) is 17.5. The van der Waals surface area contributed by atoms with Crippen molar-refractivity contribution in [2.24, 2.45) is 0 Å². The monoisotopic (exact) mass is 469 g/mol. The van der Waals surface area contributed by atoms with Crippen LogP contribution in [-0.2, 0) is 21.2 Å². The number of amides is 2. The van der Waals surface area contributed by atoms with Crippen molar-refractivity contribution >= 4 is 33.2 Å². The number of hydrogen-bond donors (Lipinski definition) is 3. The van der Waals surface area contributed by atoms with Crippen LogP contribution in [0.5, 0.6) is 0 Å². The summed E-state index contributed by atoms with van der Waals surface area (Å²) >= 11 is 0. The van der Waals surface area contributed by atoms with Crippen molar-refractivity contribution in [1.82, 2.24) is 5.32 Å². The second kappa shape index (κ2) is 10.3. The number of carbonyl (C=O) groups is 2. The van der Waals surface area contributed by atoms with E-state index in [2.05, 4.69) is 15.4 Å². The van der Waals surface area contributed by atoms with Crippen LogP contribution in [0.15, 0.2) is 77.7 Å². The molecule has 3 N–H and O–H groups in total. The van der Waals surface area contributed by atoms with Crippen LogP contribution in [0.25, 0.3) is 0 Å². The van der Waals surface area contributed by atoms with Crippen molar-refractivity contribution in [1.29, 1.82) is 0 Å². The van der Waals surface area contributed by atoms with Crippen molar-refractivity contribution in [2.45, 2.75) is 31.2 Å². The molecule has 9 heteroatoms. The third kappa shape index (κ3) is 6.63. The molecule has 0 bridgehead atoms. The number of nitrogens with one attached hydrogen (secondary N) is 3. The average molecular weight is 470 g/mol. The SMILES string of the molecule is CC(C)NC(=O)c1ccccc1NC(=O)Cc1ccc(NS(=O)(=O)c2ccc(F)cc2)cc1. The lowest BCUT2D eigenvalue weighted by Gasteiger charge is -2.13. The molecule has 3 rings (SSSR count). The molecule has 0 aromatic heterocycles. The highest BCUT2D eigenvalue weighted by Crippen LogP contribution is 2.19. The quantitative estimate of drug-likeness (QED) is 0.465. The smallest absolute Gasteiger partial charge is 0.261 e. The van der Waals surface area contributed by atoms with Gasteiger partial charge in [0.2, 0.25) is 5.91 Å². The van der Waals surface area contributed by atoms with E-state index in [4.69, 9.17) is 0 Å². The Morgan fingerprint density at radius 1 is 0.909 bits per heavy atom.